The molecule has 0 aromatic rings. The number of carbonyl (C=O) groups is 1. The summed E-state index contributed by atoms with van der Waals surface area (Å²) in [6.45, 7) is 0.610. The lowest BCUT2D eigenvalue weighted by Crippen LogP contribution is -2.33. The van der Waals surface area contributed by atoms with Gasteiger partial charge in [-0.25, -0.2) is 0 Å². The molecule has 0 aromatic carbocycles. The molecule has 0 aliphatic carbocycles. The van der Waals surface area contributed by atoms with Crippen molar-refractivity contribution < 1.29 is 30.0 Å². The monoisotopic (exact) mass is 267 g/mol. The largest absolute Gasteiger partial charge is 0.480 e. The smallest absolute Gasteiger partial charge is 0.317 e. The Kier molecular flexibility index (Phi) is 10.3. The highest BCUT2D eigenvalue weighted by Gasteiger charge is 2.05. The van der Waals surface area contributed by atoms with E-state index >= 15 is 0 Å². The Labute approximate surface area is 102 Å². The molecule has 0 rings (SSSR count). The minimum absolute atomic E-state index is 0.149. The average molecular weight is 267 g/mol. The Morgan fingerprint density at radius 1 is 1.35 bits per heavy atom. The van der Waals surface area contributed by atoms with E-state index in [4.69, 9.17) is 20.1 Å². The standard InChI is InChI=1S/C9H21NO6Si/c11-7(4-10-5-8(12)13)6-16-2-1-3-17-9(14)15/h7,9-11,14-15H,1-6,17H2,(H,12,13). The van der Waals surface area contributed by atoms with Crippen molar-refractivity contribution in [1.82, 2.24) is 5.32 Å². The summed E-state index contributed by atoms with van der Waals surface area (Å²) in [6.07, 6.45) is 0.0223. The number of aliphatic carboxylic acids is 1. The lowest BCUT2D eigenvalue weighted by molar-refractivity contribution is -0.136. The summed E-state index contributed by atoms with van der Waals surface area (Å²) in [5, 5.41) is 37.5. The lowest BCUT2D eigenvalue weighted by atomic mass is 10.4. The third kappa shape index (κ3) is 13.4. The SMILES string of the molecule is O=C(O)CNCC(O)COCCC[SiH2]C(O)O. The van der Waals surface area contributed by atoms with Gasteiger partial charge in [-0.3, -0.25) is 4.79 Å². The van der Waals surface area contributed by atoms with Gasteiger partial charge in [0.15, 0.2) is 0 Å². The van der Waals surface area contributed by atoms with E-state index in [-0.39, 0.29) is 19.7 Å². The summed E-state index contributed by atoms with van der Waals surface area (Å²) in [7, 11) is -0.833. The third-order valence-corrected chi connectivity index (χ3v) is 3.39. The van der Waals surface area contributed by atoms with Crippen LogP contribution in [0.25, 0.3) is 0 Å². The molecule has 1 atom stereocenters. The molecule has 0 aliphatic rings. The fourth-order valence-electron chi connectivity index (χ4n) is 1.16. The number of aliphatic hydroxyl groups is 3. The maximum absolute atomic E-state index is 10.2. The summed E-state index contributed by atoms with van der Waals surface area (Å²) in [4.78, 5) is 10.2. The molecule has 0 spiro atoms. The van der Waals surface area contributed by atoms with E-state index in [0.29, 0.717) is 6.61 Å². The van der Waals surface area contributed by atoms with E-state index in [9.17, 15) is 9.90 Å². The van der Waals surface area contributed by atoms with Crippen molar-refractivity contribution in [2.45, 2.75) is 24.5 Å². The number of rotatable bonds is 11. The van der Waals surface area contributed by atoms with E-state index < -0.39 is 27.5 Å². The predicted molar refractivity (Wildman–Crippen MR) is 63.5 cm³/mol. The topological polar surface area (TPSA) is 119 Å². The van der Waals surface area contributed by atoms with Crippen LogP contribution in [-0.4, -0.2) is 74.2 Å². The number of hydrogen-bond donors (Lipinski definition) is 5. The molecule has 0 amide bonds. The molecule has 0 aromatic heterocycles. The first-order valence-corrected chi connectivity index (χ1v) is 7.38. The Hall–Kier alpha value is -0.513. The molecule has 0 bridgehead atoms. The van der Waals surface area contributed by atoms with Crippen LogP contribution in [0.3, 0.4) is 0 Å². The van der Waals surface area contributed by atoms with Gasteiger partial charge >= 0.3 is 5.97 Å². The maximum atomic E-state index is 10.2. The molecule has 102 valence electrons. The van der Waals surface area contributed by atoms with Crippen molar-refractivity contribution in [2.75, 3.05) is 26.3 Å². The van der Waals surface area contributed by atoms with Gasteiger partial charge in [-0.15, -0.1) is 0 Å². The zero-order valence-electron chi connectivity index (χ0n) is 9.71. The molecule has 7 nitrogen and oxygen atoms in total. The number of aliphatic hydroxyl groups excluding tert-OH is 2. The van der Waals surface area contributed by atoms with E-state index in [1.54, 1.807) is 0 Å². The highest BCUT2D eigenvalue weighted by molar-refractivity contribution is 6.36. The quantitative estimate of drug-likeness (QED) is 0.157. The minimum atomic E-state index is -1.14. The van der Waals surface area contributed by atoms with Gasteiger partial charge in [0.2, 0.25) is 0 Å². The second kappa shape index (κ2) is 10.6. The van der Waals surface area contributed by atoms with Gasteiger partial charge in [0.05, 0.1) is 28.8 Å². The maximum Gasteiger partial charge on any atom is 0.317 e. The van der Waals surface area contributed by atoms with Crippen LogP contribution in [0.1, 0.15) is 6.42 Å². The number of ether oxygens (including phenoxy) is 1. The Balaban J connectivity index is 3.21. The number of hydrogen-bond acceptors (Lipinski definition) is 6. The van der Waals surface area contributed by atoms with Crippen molar-refractivity contribution in [3.8, 4) is 0 Å². The Morgan fingerprint density at radius 2 is 2.06 bits per heavy atom. The first-order valence-electron chi connectivity index (χ1n) is 5.57. The third-order valence-electron chi connectivity index (χ3n) is 1.97. The van der Waals surface area contributed by atoms with Crippen LogP contribution >= 0.6 is 0 Å². The van der Waals surface area contributed by atoms with Crippen LogP contribution in [0.4, 0.5) is 0 Å². The van der Waals surface area contributed by atoms with Crippen molar-refractivity contribution in [3.05, 3.63) is 0 Å². The van der Waals surface area contributed by atoms with Gasteiger partial charge in [0.25, 0.3) is 0 Å². The molecule has 0 fully saturated rings. The highest BCUT2D eigenvalue weighted by atomic mass is 28.2. The first-order chi connectivity index (χ1) is 8.02. The average Bonchev–Trinajstić information content (AvgIpc) is 2.22. The van der Waals surface area contributed by atoms with Gasteiger partial charge in [-0.1, -0.05) is 6.04 Å². The number of carboxylic acid groups (broad SMARTS) is 1. The molecule has 0 saturated carbocycles. The van der Waals surface area contributed by atoms with Crippen LogP contribution in [0, 0.1) is 0 Å². The molecular weight excluding hydrogens is 246 g/mol. The van der Waals surface area contributed by atoms with Gasteiger partial charge in [-0.2, -0.15) is 0 Å². The van der Waals surface area contributed by atoms with Crippen LogP contribution in [-0.2, 0) is 9.53 Å². The van der Waals surface area contributed by atoms with Crippen LogP contribution < -0.4 is 5.32 Å². The van der Waals surface area contributed by atoms with Crippen LogP contribution in [0.15, 0.2) is 0 Å². The van der Waals surface area contributed by atoms with Crippen molar-refractivity contribution in [1.29, 1.82) is 0 Å². The summed E-state index contributed by atoms with van der Waals surface area (Å²) >= 11 is 0. The van der Waals surface area contributed by atoms with Gasteiger partial charge in [0, 0.05) is 13.2 Å². The predicted octanol–water partition coefficient (Wildman–Crippen LogP) is -2.72. The van der Waals surface area contributed by atoms with E-state index in [1.807, 2.05) is 0 Å². The zero-order valence-corrected chi connectivity index (χ0v) is 11.1. The molecule has 8 heteroatoms. The Bertz CT molecular complexity index is 204. The zero-order chi connectivity index (χ0) is 13.1. The van der Waals surface area contributed by atoms with E-state index in [0.717, 1.165) is 12.5 Å². The van der Waals surface area contributed by atoms with Crippen molar-refractivity contribution in [2.24, 2.45) is 0 Å². The molecule has 1 unspecified atom stereocenters. The van der Waals surface area contributed by atoms with Crippen LogP contribution in [0.2, 0.25) is 6.04 Å². The van der Waals surface area contributed by atoms with E-state index in [2.05, 4.69) is 5.32 Å². The van der Waals surface area contributed by atoms with Gasteiger partial charge in [0.1, 0.15) is 5.91 Å². The Morgan fingerprint density at radius 3 is 2.65 bits per heavy atom. The van der Waals surface area contributed by atoms with Crippen molar-refractivity contribution in [3.63, 3.8) is 0 Å². The molecule has 0 aliphatic heterocycles. The van der Waals surface area contributed by atoms with E-state index in [1.165, 1.54) is 0 Å². The molecule has 0 radical (unpaired) electrons. The second-order valence-electron chi connectivity index (χ2n) is 3.73. The van der Waals surface area contributed by atoms with Crippen LogP contribution in [0.5, 0.6) is 0 Å². The normalized spacial score (nSPS) is 13.6. The fraction of sp³-hybridized carbons (Fsp3) is 0.889. The number of carboxylic acids is 1. The van der Waals surface area contributed by atoms with Crippen molar-refractivity contribution >= 4 is 15.5 Å². The molecule has 17 heavy (non-hydrogen) atoms. The molecule has 0 heterocycles. The molecule has 5 N–H and O–H groups in total. The first kappa shape index (κ1) is 16.5. The second-order valence-corrected chi connectivity index (χ2v) is 5.74. The summed E-state index contributed by atoms with van der Waals surface area (Å²) in [6, 6.07) is 0.783. The minimum Gasteiger partial charge on any atom is -0.480 e. The van der Waals surface area contributed by atoms with Gasteiger partial charge < -0.3 is 30.5 Å². The highest BCUT2D eigenvalue weighted by Crippen LogP contribution is 1.93. The molecule has 0 saturated heterocycles. The molecular formula is C9H21NO6Si. The summed E-state index contributed by atoms with van der Waals surface area (Å²) in [5.41, 5.74) is 0. The number of nitrogens with one attached hydrogen (secondary N) is 1. The fourth-order valence-corrected chi connectivity index (χ4v) is 2.01. The summed E-state index contributed by atoms with van der Waals surface area (Å²) < 4.78 is 5.16. The summed E-state index contributed by atoms with van der Waals surface area (Å²) in [5.74, 6) is -2.11. The lowest BCUT2D eigenvalue weighted by Gasteiger charge is -2.11. The van der Waals surface area contributed by atoms with Gasteiger partial charge in [-0.05, 0) is 6.42 Å².